The van der Waals surface area contributed by atoms with E-state index in [2.05, 4.69) is 11.8 Å². The first kappa shape index (κ1) is 7.63. The summed E-state index contributed by atoms with van der Waals surface area (Å²) in [4.78, 5) is 0. The lowest BCUT2D eigenvalue weighted by Gasteiger charge is -2.31. The lowest BCUT2D eigenvalue weighted by atomic mass is 9.79. The molecule has 2 unspecified atom stereocenters. The second kappa shape index (κ2) is 3.63. The molecule has 1 heteroatoms. The molecule has 0 bridgehead atoms. The van der Waals surface area contributed by atoms with E-state index < -0.39 is 0 Å². The van der Waals surface area contributed by atoms with E-state index in [1.165, 1.54) is 6.42 Å². The van der Waals surface area contributed by atoms with Gasteiger partial charge < -0.3 is 5.11 Å². The molecule has 0 spiro atoms. The van der Waals surface area contributed by atoms with Crippen molar-refractivity contribution in [1.82, 2.24) is 0 Å². The number of rotatable bonds is 2. The molecular weight excluding hydrogens is 124 g/mol. The Hall–Kier alpha value is -0.480. The van der Waals surface area contributed by atoms with Crippen molar-refractivity contribution in [2.75, 3.05) is 0 Å². The predicted octanol–water partition coefficient (Wildman–Crippen LogP) is 1.56. The number of hydrogen-bond acceptors (Lipinski definition) is 1. The van der Waals surface area contributed by atoms with Crippen LogP contribution in [0.2, 0.25) is 0 Å². The Morgan fingerprint density at radius 1 is 1.50 bits per heavy atom. The van der Waals surface area contributed by atoms with Crippen molar-refractivity contribution >= 4 is 0 Å². The van der Waals surface area contributed by atoms with Gasteiger partial charge in [0.05, 0.1) is 6.10 Å². The van der Waals surface area contributed by atoms with Crippen LogP contribution in [0.4, 0.5) is 0 Å². The van der Waals surface area contributed by atoms with Crippen LogP contribution in [0.5, 0.6) is 0 Å². The molecule has 1 saturated carbocycles. The van der Waals surface area contributed by atoms with Gasteiger partial charge in [0.15, 0.2) is 0 Å². The highest BCUT2D eigenvalue weighted by Crippen LogP contribution is 2.30. The van der Waals surface area contributed by atoms with Crippen molar-refractivity contribution in [1.29, 1.82) is 0 Å². The third-order valence-corrected chi connectivity index (χ3v) is 2.19. The molecule has 0 aromatic heterocycles. The highest BCUT2D eigenvalue weighted by molar-refractivity contribution is 4.96. The van der Waals surface area contributed by atoms with E-state index in [0.717, 1.165) is 19.3 Å². The van der Waals surface area contributed by atoms with E-state index in [0.29, 0.717) is 5.92 Å². The monoisotopic (exact) mass is 138 g/mol. The Morgan fingerprint density at radius 3 is 2.70 bits per heavy atom. The van der Waals surface area contributed by atoms with E-state index >= 15 is 0 Å². The van der Waals surface area contributed by atoms with Crippen LogP contribution in [0.25, 0.3) is 0 Å². The molecule has 0 saturated heterocycles. The zero-order valence-electron chi connectivity index (χ0n) is 6.43. The van der Waals surface area contributed by atoms with Crippen molar-refractivity contribution in [3.8, 4) is 11.8 Å². The van der Waals surface area contributed by atoms with E-state index in [-0.39, 0.29) is 6.10 Å². The molecule has 56 valence electrons. The minimum absolute atomic E-state index is 0.0151. The first-order valence-electron chi connectivity index (χ1n) is 3.92. The van der Waals surface area contributed by atoms with Crippen LogP contribution >= 0.6 is 0 Å². The van der Waals surface area contributed by atoms with Crippen molar-refractivity contribution in [3.63, 3.8) is 0 Å². The van der Waals surface area contributed by atoms with Crippen LogP contribution in [-0.2, 0) is 0 Å². The molecule has 0 aromatic rings. The van der Waals surface area contributed by atoms with Gasteiger partial charge in [-0.1, -0.05) is 0 Å². The predicted molar refractivity (Wildman–Crippen MR) is 41.4 cm³/mol. The van der Waals surface area contributed by atoms with Gasteiger partial charge in [0.1, 0.15) is 0 Å². The maximum absolute atomic E-state index is 9.16. The Balaban J connectivity index is 2.06. The van der Waals surface area contributed by atoms with Crippen LogP contribution in [0.3, 0.4) is 0 Å². The molecule has 1 aliphatic carbocycles. The van der Waals surface area contributed by atoms with Gasteiger partial charge >= 0.3 is 0 Å². The van der Waals surface area contributed by atoms with Crippen LogP contribution in [-0.4, -0.2) is 11.2 Å². The maximum Gasteiger partial charge on any atom is 0.0568 e. The summed E-state index contributed by atoms with van der Waals surface area (Å²) < 4.78 is 0. The van der Waals surface area contributed by atoms with E-state index in [1.54, 1.807) is 0 Å². The Labute approximate surface area is 62.4 Å². The minimum atomic E-state index is -0.0151. The molecule has 1 nitrogen and oxygen atoms in total. The summed E-state index contributed by atoms with van der Waals surface area (Å²) in [6, 6.07) is 0. The second-order valence-electron chi connectivity index (χ2n) is 2.87. The van der Waals surface area contributed by atoms with Gasteiger partial charge in [-0.3, -0.25) is 0 Å². The number of aliphatic hydroxyl groups is 1. The van der Waals surface area contributed by atoms with Gasteiger partial charge in [-0.15, -0.1) is 11.8 Å². The fourth-order valence-electron chi connectivity index (χ4n) is 1.27. The van der Waals surface area contributed by atoms with E-state index in [1.807, 2.05) is 6.92 Å². The molecule has 0 radical (unpaired) electrons. The van der Waals surface area contributed by atoms with Gasteiger partial charge in [-0.2, -0.15) is 0 Å². The summed E-state index contributed by atoms with van der Waals surface area (Å²) >= 11 is 0. The van der Waals surface area contributed by atoms with Gasteiger partial charge in [-0.05, 0) is 32.1 Å². The molecule has 0 heterocycles. The van der Waals surface area contributed by atoms with Gasteiger partial charge in [0.2, 0.25) is 0 Å². The van der Waals surface area contributed by atoms with Crippen LogP contribution < -0.4 is 0 Å². The number of aliphatic hydroxyl groups excluding tert-OH is 1. The smallest absolute Gasteiger partial charge is 0.0568 e. The van der Waals surface area contributed by atoms with E-state index in [9.17, 15) is 0 Å². The average molecular weight is 138 g/mol. The van der Waals surface area contributed by atoms with E-state index in [4.69, 9.17) is 5.11 Å². The molecule has 1 aliphatic rings. The topological polar surface area (TPSA) is 20.2 Å². The molecular formula is C9H14O. The first-order valence-corrected chi connectivity index (χ1v) is 3.92. The molecule has 0 aromatic carbocycles. The molecule has 2 atom stereocenters. The summed E-state index contributed by atoms with van der Waals surface area (Å²) in [6.45, 7) is 1.86. The van der Waals surface area contributed by atoms with Crippen molar-refractivity contribution in [3.05, 3.63) is 0 Å². The zero-order valence-corrected chi connectivity index (χ0v) is 6.43. The quantitative estimate of drug-likeness (QED) is 0.574. The first-order chi connectivity index (χ1) is 4.84. The summed E-state index contributed by atoms with van der Waals surface area (Å²) in [5.41, 5.74) is 0. The van der Waals surface area contributed by atoms with Gasteiger partial charge in [0, 0.05) is 6.42 Å². The molecule has 1 rings (SSSR count). The minimum Gasteiger partial charge on any atom is -0.393 e. The largest absolute Gasteiger partial charge is 0.393 e. The SMILES string of the molecule is CC#CCCC1CCC1O. The van der Waals surface area contributed by atoms with Crippen molar-refractivity contribution in [2.45, 2.75) is 38.7 Å². The van der Waals surface area contributed by atoms with Crippen molar-refractivity contribution < 1.29 is 5.11 Å². The summed E-state index contributed by atoms with van der Waals surface area (Å²) in [5, 5.41) is 9.16. The third-order valence-electron chi connectivity index (χ3n) is 2.19. The summed E-state index contributed by atoms with van der Waals surface area (Å²) in [7, 11) is 0. The normalized spacial score (nSPS) is 30.2. The highest BCUT2D eigenvalue weighted by Gasteiger charge is 2.27. The lowest BCUT2D eigenvalue weighted by molar-refractivity contribution is 0.0204. The summed E-state index contributed by atoms with van der Waals surface area (Å²) in [5.74, 6) is 6.42. The lowest BCUT2D eigenvalue weighted by Crippen LogP contribution is -2.30. The highest BCUT2D eigenvalue weighted by atomic mass is 16.3. The molecule has 1 N–H and O–H groups in total. The fraction of sp³-hybridized carbons (Fsp3) is 0.778. The van der Waals surface area contributed by atoms with Crippen LogP contribution in [0.15, 0.2) is 0 Å². The van der Waals surface area contributed by atoms with Gasteiger partial charge in [-0.25, -0.2) is 0 Å². The maximum atomic E-state index is 9.16. The molecule has 1 fully saturated rings. The Bertz CT molecular complexity index is 152. The molecule has 0 aliphatic heterocycles. The Morgan fingerprint density at radius 2 is 2.30 bits per heavy atom. The van der Waals surface area contributed by atoms with Gasteiger partial charge in [0.25, 0.3) is 0 Å². The zero-order chi connectivity index (χ0) is 7.40. The Kier molecular flexibility index (Phi) is 2.77. The fourth-order valence-corrected chi connectivity index (χ4v) is 1.27. The standard InChI is InChI=1S/C9H14O/c1-2-3-4-5-8-6-7-9(8)10/h8-10H,4-7H2,1H3. The van der Waals surface area contributed by atoms with Crippen LogP contribution in [0.1, 0.15) is 32.6 Å². The van der Waals surface area contributed by atoms with Crippen LogP contribution in [0, 0.1) is 17.8 Å². The number of hydrogen-bond donors (Lipinski definition) is 1. The van der Waals surface area contributed by atoms with Crippen molar-refractivity contribution in [2.24, 2.45) is 5.92 Å². The average Bonchev–Trinajstić information content (AvgIpc) is 1.95. The second-order valence-corrected chi connectivity index (χ2v) is 2.87. The summed E-state index contributed by atoms with van der Waals surface area (Å²) in [6.07, 6.45) is 4.23. The third kappa shape index (κ3) is 1.75. The molecule has 10 heavy (non-hydrogen) atoms. The molecule has 0 amide bonds.